The van der Waals surface area contributed by atoms with E-state index < -0.39 is 18.0 Å². The summed E-state index contributed by atoms with van der Waals surface area (Å²) in [6, 6.07) is 14.0. The molecule has 27 heavy (non-hydrogen) atoms. The molecule has 7 heteroatoms. The van der Waals surface area contributed by atoms with E-state index in [0.29, 0.717) is 22.5 Å². The zero-order chi connectivity index (χ0) is 19.6. The van der Waals surface area contributed by atoms with Crippen LogP contribution in [0.5, 0.6) is 0 Å². The number of carbonyl (C=O) groups is 3. The average Bonchev–Trinajstić information content (AvgIpc) is 2.89. The van der Waals surface area contributed by atoms with Gasteiger partial charge in [-0.15, -0.1) is 0 Å². The van der Waals surface area contributed by atoms with Crippen molar-refractivity contribution in [3.05, 3.63) is 70.7 Å². The summed E-state index contributed by atoms with van der Waals surface area (Å²) in [5, 5.41) is 2.66. The summed E-state index contributed by atoms with van der Waals surface area (Å²) < 4.78 is 6.06. The molecule has 2 aromatic carbocycles. The number of ether oxygens (including phenoxy) is 1. The number of anilines is 1. The number of esters is 1. The molecule has 2 amide bonds. The lowest BCUT2D eigenvalue weighted by molar-refractivity contribution is -0.153. The lowest BCUT2D eigenvalue weighted by Gasteiger charge is -2.18. The maximum absolute atomic E-state index is 12.4. The molecular formula is C20H17BrN2O4. The van der Waals surface area contributed by atoms with E-state index in [1.54, 1.807) is 48.5 Å². The molecule has 0 saturated carbocycles. The average molecular weight is 429 g/mol. The smallest absolute Gasteiger partial charge is 0.326 e. The van der Waals surface area contributed by atoms with Gasteiger partial charge in [-0.05, 0) is 37.3 Å². The van der Waals surface area contributed by atoms with Gasteiger partial charge in [0.2, 0.25) is 0 Å². The van der Waals surface area contributed by atoms with Crippen LogP contribution in [0.1, 0.15) is 22.8 Å². The minimum Gasteiger partial charge on any atom is -0.451 e. The molecule has 1 heterocycles. The van der Waals surface area contributed by atoms with Crippen LogP contribution in [0.4, 0.5) is 5.69 Å². The Bertz CT molecular complexity index is 889. The third kappa shape index (κ3) is 4.09. The molecule has 0 bridgehead atoms. The van der Waals surface area contributed by atoms with E-state index in [1.165, 1.54) is 11.8 Å². The summed E-state index contributed by atoms with van der Waals surface area (Å²) >= 11 is 3.31. The van der Waals surface area contributed by atoms with E-state index in [2.05, 4.69) is 27.8 Å². The van der Waals surface area contributed by atoms with Crippen LogP contribution in [-0.2, 0) is 14.3 Å². The van der Waals surface area contributed by atoms with Crippen molar-refractivity contribution in [3.8, 4) is 0 Å². The highest BCUT2D eigenvalue weighted by atomic mass is 79.9. The van der Waals surface area contributed by atoms with Crippen molar-refractivity contribution in [1.82, 2.24) is 4.90 Å². The zero-order valence-corrected chi connectivity index (χ0v) is 16.2. The monoisotopic (exact) mass is 428 g/mol. The number of hydrogen-bond acceptors (Lipinski definition) is 4. The fourth-order valence-electron chi connectivity index (χ4n) is 2.70. The number of carbonyl (C=O) groups excluding carboxylic acids is 3. The van der Waals surface area contributed by atoms with Gasteiger partial charge in [0.05, 0.1) is 0 Å². The minimum atomic E-state index is -1.01. The molecular weight excluding hydrogens is 412 g/mol. The van der Waals surface area contributed by atoms with Gasteiger partial charge in [0.1, 0.15) is 6.54 Å². The van der Waals surface area contributed by atoms with E-state index in [1.807, 2.05) is 0 Å². The van der Waals surface area contributed by atoms with Crippen molar-refractivity contribution >= 4 is 45.1 Å². The Morgan fingerprint density at radius 3 is 2.41 bits per heavy atom. The first-order valence-electron chi connectivity index (χ1n) is 8.23. The van der Waals surface area contributed by atoms with Gasteiger partial charge in [-0.1, -0.05) is 40.7 Å². The first-order chi connectivity index (χ1) is 12.9. The number of hydrogen-bond donors (Lipinski definition) is 1. The Hall–Kier alpha value is -2.93. The van der Waals surface area contributed by atoms with Crippen molar-refractivity contribution in [3.63, 3.8) is 0 Å². The molecule has 3 rings (SSSR count). The molecule has 0 aromatic heterocycles. The molecule has 1 atom stereocenters. The molecule has 1 unspecified atom stereocenters. The van der Waals surface area contributed by atoms with E-state index in [0.717, 1.165) is 4.47 Å². The van der Waals surface area contributed by atoms with Crippen molar-refractivity contribution in [2.24, 2.45) is 0 Å². The number of benzene rings is 2. The number of amides is 2. The lowest BCUT2D eigenvalue weighted by Crippen LogP contribution is -2.35. The van der Waals surface area contributed by atoms with E-state index in [-0.39, 0.29) is 12.5 Å². The quantitative estimate of drug-likeness (QED) is 0.739. The molecule has 6 nitrogen and oxygen atoms in total. The summed E-state index contributed by atoms with van der Waals surface area (Å²) in [6.07, 6.45) is -1.01. The highest BCUT2D eigenvalue weighted by Crippen LogP contribution is 2.30. The maximum atomic E-state index is 12.4. The highest BCUT2D eigenvalue weighted by Gasteiger charge is 2.33. The third-order valence-corrected chi connectivity index (χ3v) is 4.64. The molecule has 2 aromatic rings. The number of rotatable bonds is 5. The van der Waals surface area contributed by atoms with Gasteiger partial charge in [0, 0.05) is 27.0 Å². The predicted molar refractivity (Wildman–Crippen MR) is 105 cm³/mol. The zero-order valence-electron chi connectivity index (χ0n) is 14.6. The second-order valence-electron chi connectivity index (χ2n) is 6.01. The van der Waals surface area contributed by atoms with Crippen LogP contribution in [0.25, 0.3) is 5.70 Å². The van der Waals surface area contributed by atoms with Gasteiger partial charge in [0.15, 0.2) is 6.10 Å². The van der Waals surface area contributed by atoms with Crippen molar-refractivity contribution < 1.29 is 19.1 Å². The molecule has 1 aliphatic heterocycles. The number of fused-ring (bicyclic) bond motifs is 1. The Morgan fingerprint density at radius 2 is 1.78 bits per heavy atom. The Labute approximate surface area is 164 Å². The summed E-state index contributed by atoms with van der Waals surface area (Å²) in [4.78, 5) is 38.1. The molecule has 1 N–H and O–H groups in total. The SMILES string of the molecule is C=C1c2ccccc2C(=O)N1CC(=O)OC(C)C(=O)Nc1ccc(Br)cc1. The van der Waals surface area contributed by atoms with E-state index >= 15 is 0 Å². The van der Waals surface area contributed by atoms with Gasteiger partial charge in [-0.3, -0.25) is 19.3 Å². The fourth-order valence-corrected chi connectivity index (χ4v) is 2.96. The van der Waals surface area contributed by atoms with Gasteiger partial charge >= 0.3 is 5.97 Å². The normalized spacial score (nSPS) is 13.9. The summed E-state index contributed by atoms with van der Waals surface area (Å²) in [7, 11) is 0. The summed E-state index contributed by atoms with van der Waals surface area (Å²) in [5.74, 6) is -1.45. The highest BCUT2D eigenvalue weighted by molar-refractivity contribution is 9.10. The molecule has 138 valence electrons. The summed E-state index contributed by atoms with van der Waals surface area (Å²) in [5.41, 5.74) is 2.22. The second-order valence-corrected chi connectivity index (χ2v) is 6.93. The largest absolute Gasteiger partial charge is 0.451 e. The van der Waals surface area contributed by atoms with Crippen LogP contribution in [0.15, 0.2) is 59.6 Å². The topological polar surface area (TPSA) is 75.7 Å². The Kier molecular flexibility index (Phi) is 5.41. The minimum absolute atomic E-state index is 0.303. The molecule has 0 spiro atoms. The van der Waals surface area contributed by atoms with Crippen LogP contribution in [0.2, 0.25) is 0 Å². The van der Waals surface area contributed by atoms with Crippen LogP contribution in [0, 0.1) is 0 Å². The third-order valence-electron chi connectivity index (χ3n) is 4.12. The summed E-state index contributed by atoms with van der Waals surface area (Å²) in [6.45, 7) is 5.04. The molecule has 0 fully saturated rings. The fraction of sp³-hybridized carbons (Fsp3) is 0.150. The Balaban J connectivity index is 1.57. The Morgan fingerprint density at radius 1 is 1.15 bits per heavy atom. The first-order valence-corrected chi connectivity index (χ1v) is 9.02. The molecule has 0 saturated heterocycles. The number of nitrogens with zero attached hydrogens (tertiary/aromatic N) is 1. The van der Waals surface area contributed by atoms with Gasteiger partial charge in [0.25, 0.3) is 11.8 Å². The van der Waals surface area contributed by atoms with Crippen LogP contribution in [0.3, 0.4) is 0 Å². The predicted octanol–water partition coefficient (Wildman–Crippen LogP) is 3.45. The van der Waals surface area contributed by atoms with Crippen LogP contribution < -0.4 is 5.32 Å². The van der Waals surface area contributed by atoms with E-state index in [9.17, 15) is 14.4 Å². The first kappa shape index (κ1) is 18.8. The van der Waals surface area contributed by atoms with Gasteiger partial charge < -0.3 is 10.1 Å². The molecule has 1 aliphatic rings. The number of nitrogens with one attached hydrogen (secondary N) is 1. The van der Waals surface area contributed by atoms with Crippen LogP contribution in [-0.4, -0.2) is 35.3 Å². The van der Waals surface area contributed by atoms with Crippen molar-refractivity contribution in [2.45, 2.75) is 13.0 Å². The van der Waals surface area contributed by atoms with E-state index in [4.69, 9.17) is 4.74 Å². The molecule has 0 radical (unpaired) electrons. The maximum Gasteiger partial charge on any atom is 0.326 e. The van der Waals surface area contributed by atoms with Crippen LogP contribution >= 0.6 is 15.9 Å². The van der Waals surface area contributed by atoms with Crippen molar-refractivity contribution in [1.29, 1.82) is 0 Å². The van der Waals surface area contributed by atoms with Crippen molar-refractivity contribution in [2.75, 3.05) is 11.9 Å². The second kappa shape index (κ2) is 7.75. The molecule has 0 aliphatic carbocycles. The van der Waals surface area contributed by atoms with Gasteiger partial charge in [-0.2, -0.15) is 0 Å². The number of halogens is 1. The van der Waals surface area contributed by atoms with Gasteiger partial charge in [-0.25, -0.2) is 0 Å². The standard InChI is InChI=1S/C20H17BrN2O4/c1-12-16-5-3-4-6-17(16)20(26)23(12)11-18(24)27-13(2)19(25)22-15-9-7-14(21)8-10-15/h3-10,13H,1,11H2,2H3,(H,22,25). The lowest BCUT2D eigenvalue weighted by atomic mass is 10.1.